The highest BCUT2D eigenvalue weighted by molar-refractivity contribution is 8.44. The Bertz CT molecular complexity index is 2130. The second-order valence-electron chi connectivity index (χ2n) is 13.1. The van der Waals surface area contributed by atoms with Crippen molar-refractivity contribution in [1.29, 1.82) is 0 Å². The van der Waals surface area contributed by atoms with Gasteiger partial charge in [-0.25, -0.2) is 29.1 Å². The molecular formula is C25H32N10O10P2S. The summed E-state index contributed by atoms with van der Waals surface area (Å²) in [5, 5.41) is 23.4. The van der Waals surface area contributed by atoms with E-state index in [1.165, 1.54) is 23.5 Å². The van der Waals surface area contributed by atoms with Crippen LogP contribution in [0.15, 0.2) is 23.8 Å². The molecule has 5 heterocycles. The molecule has 8 rings (SSSR count). The molecule has 48 heavy (non-hydrogen) atoms. The van der Waals surface area contributed by atoms with Gasteiger partial charge in [0.2, 0.25) is 5.95 Å². The Labute approximate surface area is 275 Å². The molecule has 0 aromatic carbocycles. The predicted octanol–water partition coefficient (Wildman–Crippen LogP) is 0.343. The average molecular weight is 727 g/mol. The summed E-state index contributed by atoms with van der Waals surface area (Å²) in [5.41, 5.74) is 9.47. The molecule has 0 amide bonds. The quantitative estimate of drug-likeness (QED) is 0.108. The molecule has 4 aliphatic rings. The summed E-state index contributed by atoms with van der Waals surface area (Å²) in [6, 6.07) is -0.941. The fourth-order valence-corrected chi connectivity index (χ4v) is 10.7. The van der Waals surface area contributed by atoms with E-state index in [4.69, 9.17) is 29.6 Å². The van der Waals surface area contributed by atoms with Gasteiger partial charge >= 0.3 is 14.6 Å². The van der Waals surface area contributed by atoms with Crippen LogP contribution in [0.3, 0.4) is 0 Å². The number of nitrogens with zero attached hydrogens (tertiary/aromatic N) is 7. The van der Waals surface area contributed by atoms with Crippen molar-refractivity contribution >= 4 is 61.0 Å². The van der Waals surface area contributed by atoms with E-state index in [1.807, 2.05) is 0 Å². The topological polar surface area (TPSA) is 291 Å². The van der Waals surface area contributed by atoms with Crippen LogP contribution in [0, 0.1) is 23.2 Å². The van der Waals surface area contributed by atoms with Crippen LogP contribution in [0.5, 0.6) is 0 Å². The number of nitrogens with one attached hydrogen (secondary N) is 1. The number of imidazole rings is 2. The number of thiol groups is 1. The van der Waals surface area contributed by atoms with E-state index in [9.17, 15) is 29.0 Å². The molecule has 4 fully saturated rings. The van der Waals surface area contributed by atoms with E-state index in [2.05, 4.69) is 42.2 Å². The molecule has 4 aromatic rings. The minimum Gasteiger partial charge on any atom is -0.388 e. The van der Waals surface area contributed by atoms with Crippen molar-refractivity contribution in [3.63, 3.8) is 0 Å². The van der Waals surface area contributed by atoms with Crippen LogP contribution in [0.4, 0.5) is 11.8 Å². The molecule has 1 aliphatic heterocycles. The number of hydrogen-bond donors (Lipinski definition) is 7. The van der Waals surface area contributed by atoms with Crippen LogP contribution < -0.4 is 17.0 Å². The van der Waals surface area contributed by atoms with Crippen molar-refractivity contribution in [2.45, 2.75) is 56.3 Å². The van der Waals surface area contributed by atoms with E-state index in [1.54, 1.807) is 18.4 Å². The molecule has 12 atom stereocenters. The summed E-state index contributed by atoms with van der Waals surface area (Å²) < 4.78 is 53.5. The minimum atomic E-state index is -4.93. The fraction of sp³-hybridized carbons (Fsp3) is 0.600. The van der Waals surface area contributed by atoms with Gasteiger partial charge in [-0.1, -0.05) is 26.1 Å². The molecule has 0 radical (unpaired) electrons. The first-order valence-corrected chi connectivity index (χ1v) is 19.1. The number of H-pyrrole nitrogens is 1. The van der Waals surface area contributed by atoms with Gasteiger partial charge in [-0.3, -0.25) is 23.3 Å². The number of nitrogen functional groups attached to an aromatic ring is 2. The van der Waals surface area contributed by atoms with E-state index >= 15 is 0 Å². The number of aliphatic hydroxyl groups excluding tert-OH is 2. The lowest BCUT2D eigenvalue weighted by atomic mass is 9.79. The van der Waals surface area contributed by atoms with Crippen molar-refractivity contribution < 1.29 is 42.3 Å². The summed E-state index contributed by atoms with van der Waals surface area (Å²) >= 11 is 4.25. The second kappa shape index (κ2) is 10.5. The SMILES string of the molecule is C[C@@H]1[C@@H](n2cnc3c(=O)[nH]c(N)nc32)[C@H](O)[C@@H]2OP(=O)(O)OC[C@@H]3[C@@H](O[P@@](=O)(S)OC[C@@]12C)[C@@H](O)[C@@]1(n2cnc4c(N)ncnc42)C[C@@H]31. The molecule has 0 spiro atoms. The van der Waals surface area contributed by atoms with E-state index in [0.29, 0.717) is 17.6 Å². The number of aromatic amines is 1. The maximum Gasteiger partial charge on any atom is 0.472 e. The lowest BCUT2D eigenvalue weighted by Crippen LogP contribution is -2.43. The van der Waals surface area contributed by atoms with Gasteiger partial charge in [0.15, 0.2) is 22.6 Å². The van der Waals surface area contributed by atoms with E-state index in [0.717, 1.165) is 0 Å². The predicted molar refractivity (Wildman–Crippen MR) is 168 cm³/mol. The molecule has 3 aliphatic carbocycles. The van der Waals surface area contributed by atoms with Crippen molar-refractivity contribution in [2.75, 3.05) is 24.7 Å². The summed E-state index contributed by atoms with van der Waals surface area (Å²) in [4.78, 5) is 46.7. The summed E-state index contributed by atoms with van der Waals surface area (Å²) in [6.07, 6.45) is -1.09. The fourth-order valence-electron chi connectivity index (χ4n) is 8.06. The van der Waals surface area contributed by atoms with Crippen LogP contribution in [0.25, 0.3) is 22.3 Å². The number of aromatic nitrogens is 8. The van der Waals surface area contributed by atoms with Gasteiger partial charge in [-0.05, 0) is 18.3 Å². The Hall–Kier alpha value is -2.97. The second-order valence-corrected chi connectivity index (χ2v) is 17.4. The number of nitrogens with two attached hydrogens (primary N) is 2. The molecule has 3 saturated carbocycles. The number of phosphoric acid groups is 1. The van der Waals surface area contributed by atoms with Crippen molar-refractivity contribution in [2.24, 2.45) is 23.2 Å². The van der Waals surface area contributed by atoms with Crippen LogP contribution in [-0.2, 0) is 32.8 Å². The Balaban J connectivity index is 1.14. The molecule has 0 bridgehead atoms. The van der Waals surface area contributed by atoms with Crippen LogP contribution >= 0.6 is 26.9 Å². The van der Waals surface area contributed by atoms with Gasteiger partial charge < -0.3 is 40.2 Å². The Morgan fingerprint density at radius 3 is 2.60 bits per heavy atom. The molecule has 1 saturated heterocycles. The van der Waals surface area contributed by atoms with Gasteiger partial charge in [-0.2, -0.15) is 4.98 Å². The molecule has 1 unspecified atom stereocenters. The third-order valence-electron chi connectivity index (χ3n) is 10.7. The molecule has 258 valence electrons. The van der Waals surface area contributed by atoms with Crippen LogP contribution in [0.2, 0.25) is 0 Å². The first-order chi connectivity index (χ1) is 22.6. The molecule has 23 heteroatoms. The van der Waals surface area contributed by atoms with Crippen molar-refractivity contribution in [1.82, 2.24) is 39.0 Å². The van der Waals surface area contributed by atoms with Crippen LogP contribution in [0.1, 0.15) is 26.3 Å². The average Bonchev–Trinajstić information content (AvgIpc) is 3.22. The van der Waals surface area contributed by atoms with Crippen molar-refractivity contribution in [3.05, 3.63) is 29.3 Å². The lowest BCUT2D eigenvalue weighted by molar-refractivity contribution is -0.0622. The first kappa shape index (κ1) is 32.2. The standard InChI is InChI=1S/C25H32N10O10P2S/c1-9-14(34-7-30-13-21(34)32-23(27)33-22(13)38)15(36)18-24(9,2)5-43-47(41,48)44-16-10(4-42-46(39,40)45-18)11-3-25(11,17(16)37)35-8-31-12-19(26)28-6-29-20(12)35/h6-11,14-18,36-37H,3-5H2,1-2H3,(H,39,40)(H,41,48)(H2,26,28,29)(H3,27,32,33,38)/t9-,10+,11+,14-,15+,16-,17-,18+,24+,25-,47+/m1/s1. The summed E-state index contributed by atoms with van der Waals surface area (Å²) in [5.74, 6) is -1.91. The van der Waals surface area contributed by atoms with Gasteiger partial charge in [0, 0.05) is 11.3 Å². The molecule has 20 nitrogen and oxygen atoms in total. The molecule has 4 aromatic heterocycles. The lowest BCUT2D eigenvalue weighted by Gasteiger charge is -2.38. The number of fused-ring (bicyclic) bond motifs is 6. The number of anilines is 2. The first-order valence-electron chi connectivity index (χ1n) is 14.9. The molecular weight excluding hydrogens is 694 g/mol. The Kier molecular flexibility index (Phi) is 7.07. The third-order valence-corrected chi connectivity index (χ3v) is 13.3. The minimum absolute atomic E-state index is 0.0397. The van der Waals surface area contributed by atoms with E-state index < -0.39 is 92.6 Å². The number of hydrogen-bond acceptors (Lipinski definition) is 16. The zero-order chi connectivity index (χ0) is 34.1. The summed E-state index contributed by atoms with van der Waals surface area (Å²) in [7, 11) is -4.93. The zero-order valence-electron chi connectivity index (χ0n) is 25.3. The van der Waals surface area contributed by atoms with Gasteiger partial charge in [-0.15, -0.1) is 0 Å². The monoisotopic (exact) mass is 726 g/mol. The Morgan fingerprint density at radius 1 is 1.08 bits per heavy atom. The number of rotatable bonds is 2. The normalized spacial score (nSPS) is 43.0. The van der Waals surface area contributed by atoms with Gasteiger partial charge in [0.05, 0.1) is 37.4 Å². The number of aliphatic hydroxyl groups is 2. The van der Waals surface area contributed by atoms with Gasteiger partial charge in [0.1, 0.15) is 36.3 Å². The summed E-state index contributed by atoms with van der Waals surface area (Å²) in [6.45, 7) is -1.86. The number of phosphoric ester groups is 1. The maximum atomic E-state index is 13.9. The highest BCUT2D eigenvalue weighted by Gasteiger charge is 2.74. The van der Waals surface area contributed by atoms with Crippen LogP contribution in [-0.4, -0.2) is 91.8 Å². The largest absolute Gasteiger partial charge is 0.472 e. The highest BCUT2D eigenvalue weighted by atomic mass is 32.7. The zero-order valence-corrected chi connectivity index (χ0v) is 28.0. The smallest absolute Gasteiger partial charge is 0.388 e. The Morgan fingerprint density at radius 2 is 1.83 bits per heavy atom. The maximum absolute atomic E-state index is 13.9. The van der Waals surface area contributed by atoms with Crippen molar-refractivity contribution in [3.8, 4) is 0 Å². The third kappa shape index (κ3) is 4.57. The molecule has 8 N–H and O–H groups in total. The van der Waals surface area contributed by atoms with Gasteiger partial charge in [0.25, 0.3) is 5.56 Å². The van der Waals surface area contributed by atoms with E-state index in [-0.39, 0.29) is 22.9 Å². The highest BCUT2D eigenvalue weighted by Crippen LogP contribution is 2.70.